The molecule has 2 aromatic rings. The van der Waals surface area contributed by atoms with E-state index in [1.165, 1.54) is 36.3 Å². The molecule has 4 rings (SSSR count). The zero-order valence-electron chi connectivity index (χ0n) is 11.3. The summed E-state index contributed by atoms with van der Waals surface area (Å²) in [7, 11) is 0. The average molecular weight is 318 g/mol. The minimum Gasteiger partial charge on any atom is -0.318 e. The molecule has 0 unspecified atom stereocenters. The summed E-state index contributed by atoms with van der Waals surface area (Å²) in [6.07, 6.45) is 2.14. The number of hydrogen-bond acceptors (Lipinski definition) is 5. The second kappa shape index (κ2) is 4.83. The van der Waals surface area contributed by atoms with E-state index >= 15 is 0 Å². The number of benzene rings is 1. The molecule has 2 aliphatic rings. The molecule has 0 spiro atoms. The molecule has 3 heterocycles. The van der Waals surface area contributed by atoms with Crippen molar-refractivity contribution in [3.63, 3.8) is 0 Å². The highest BCUT2D eigenvalue weighted by atomic mass is 32.2. The van der Waals surface area contributed by atoms with E-state index in [1.807, 2.05) is 34.9 Å². The standard InChI is InChI=1S/C15H14N2S3/c1-9-13(17-5-4-16-15(17)20-9)12-8-11(18-2)7-10-3-6-19-14(10)12/h3,6-8H,4-5H2,1-2H3. The van der Waals surface area contributed by atoms with Gasteiger partial charge in [0.15, 0.2) is 5.17 Å². The number of amidine groups is 1. The van der Waals surface area contributed by atoms with Crippen molar-refractivity contribution in [1.82, 2.24) is 4.90 Å². The summed E-state index contributed by atoms with van der Waals surface area (Å²) in [4.78, 5) is 9.69. The van der Waals surface area contributed by atoms with Crippen LogP contribution in [-0.4, -0.2) is 29.4 Å². The van der Waals surface area contributed by atoms with Gasteiger partial charge in [0.05, 0.1) is 12.2 Å². The Bertz CT molecular complexity index is 758. The van der Waals surface area contributed by atoms with Crippen molar-refractivity contribution in [2.75, 3.05) is 19.3 Å². The predicted molar refractivity (Wildman–Crippen MR) is 92.8 cm³/mol. The number of allylic oxidation sites excluding steroid dienone is 1. The van der Waals surface area contributed by atoms with Gasteiger partial charge in [0, 0.05) is 26.6 Å². The summed E-state index contributed by atoms with van der Waals surface area (Å²) in [5.41, 5.74) is 2.74. The third kappa shape index (κ3) is 1.84. The molecule has 0 N–H and O–H groups in total. The third-order valence-electron chi connectivity index (χ3n) is 3.66. The fourth-order valence-electron chi connectivity index (χ4n) is 2.78. The number of fused-ring (bicyclic) bond motifs is 2. The number of thioether (sulfide) groups is 2. The second-order valence-corrected chi connectivity index (χ2v) is 7.81. The average Bonchev–Trinajstić information content (AvgIpc) is 3.12. The molecule has 1 aromatic heterocycles. The van der Waals surface area contributed by atoms with Crippen molar-refractivity contribution in [3.05, 3.63) is 34.0 Å². The molecule has 5 heteroatoms. The van der Waals surface area contributed by atoms with Crippen LogP contribution < -0.4 is 0 Å². The number of hydrogen-bond donors (Lipinski definition) is 0. The lowest BCUT2D eigenvalue weighted by Gasteiger charge is -2.18. The minimum absolute atomic E-state index is 0.926. The van der Waals surface area contributed by atoms with Crippen LogP contribution in [0.3, 0.4) is 0 Å². The maximum absolute atomic E-state index is 4.60. The van der Waals surface area contributed by atoms with Gasteiger partial charge >= 0.3 is 0 Å². The Labute approximate surface area is 131 Å². The fourth-order valence-corrected chi connectivity index (χ4v) is 5.20. The SMILES string of the molecule is CSc1cc(C2=C(C)SC3=NCCN32)c2sccc2c1. The van der Waals surface area contributed by atoms with Gasteiger partial charge < -0.3 is 4.90 Å². The zero-order chi connectivity index (χ0) is 13.7. The van der Waals surface area contributed by atoms with Crippen LogP contribution in [0.4, 0.5) is 0 Å². The first-order valence-corrected chi connectivity index (χ1v) is 9.46. The van der Waals surface area contributed by atoms with Gasteiger partial charge in [-0.1, -0.05) is 11.8 Å². The monoisotopic (exact) mass is 318 g/mol. The first kappa shape index (κ1) is 12.8. The molecular weight excluding hydrogens is 304 g/mol. The summed E-state index contributed by atoms with van der Waals surface area (Å²) in [5.74, 6) is 0. The number of thiophene rings is 1. The van der Waals surface area contributed by atoms with Crippen LogP contribution in [0.2, 0.25) is 0 Å². The lowest BCUT2D eigenvalue weighted by molar-refractivity contribution is 0.648. The van der Waals surface area contributed by atoms with E-state index in [2.05, 4.69) is 46.7 Å². The Morgan fingerprint density at radius 1 is 1.35 bits per heavy atom. The van der Waals surface area contributed by atoms with Gasteiger partial charge in [0.1, 0.15) is 0 Å². The molecule has 0 atom stereocenters. The molecule has 0 bridgehead atoms. The van der Waals surface area contributed by atoms with Crippen LogP contribution in [0, 0.1) is 0 Å². The normalized spacial score (nSPS) is 18.1. The first-order chi connectivity index (χ1) is 9.78. The van der Waals surface area contributed by atoms with E-state index in [4.69, 9.17) is 0 Å². The zero-order valence-corrected chi connectivity index (χ0v) is 13.8. The van der Waals surface area contributed by atoms with Crippen LogP contribution in [0.15, 0.2) is 38.4 Å². The lowest BCUT2D eigenvalue weighted by Crippen LogP contribution is -2.20. The Balaban J connectivity index is 1.95. The predicted octanol–water partition coefficient (Wildman–Crippen LogP) is 4.73. The summed E-state index contributed by atoms with van der Waals surface area (Å²) < 4.78 is 1.39. The summed E-state index contributed by atoms with van der Waals surface area (Å²) in [6, 6.07) is 6.85. The van der Waals surface area contributed by atoms with Crippen molar-refractivity contribution < 1.29 is 0 Å². The summed E-state index contributed by atoms with van der Waals surface area (Å²) >= 11 is 5.47. The molecule has 1 aromatic carbocycles. The molecule has 0 aliphatic carbocycles. The Morgan fingerprint density at radius 2 is 2.25 bits per heavy atom. The van der Waals surface area contributed by atoms with E-state index in [0.717, 1.165) is 13.1 Å². The molecule has 0 fully saturated rings. The fraction of sp³-hybridized carbons (Fsp3) is 0.267. The van der Waals surface area contributed by atoms with Crippen molar-refractivity contribution in [2.45, 2.75) is 11.8 Å². The van der Waals surface area contributed by atoms with E-state index in [0.29, 0.717) is 0 Å². The van der Waals surface area contributed by atoms with Gasteiger partial charge in [-0.15, -0.1) is 23.1 Å². The summed E-state index contributed by atoms with van der Waals surface area (Å²) in [5, 5.41) is 4.72. The second-order valence-electron chi connectivity index (χ2n) is 4.84. The lowest BCUT2D eigenvalue weighted by atomic mass is 10.1. The molecular formula is C15H14N2S3. The molecule has 2 nitrogen and oxygen atoms in total. The maximum Gasteiger partial charge on any atom is 0.168 e. The van der Waals surface area contributed by atoms with Crippen molar-refractivity contribution in [1.29, 1.82) is 0 Å². The highest BCUT2D eigenvalue weighted by Gasteiger charge is 2.32. The van der Waals surface area contributed by atoms with Crippen LogP contribution in [-0.2, 0) is 0 Å². The van der Waals surface area contributed by atoms with Crippen LogP contribution >= 0.6 is 34.9 Å². The van der Waals surface area contributed by atoms with Crippen molar-refractivity contribution in [3.8, 4) is 0 Å². The summed E-state index contributed by atoms with van der Waals surface area (Å²) in [6.45, 7) is 4.16. The number of rotatable bonds is 2. The Hall–Kier alpha value is -0.910. The van der Waals surface area contributed by atoms with E-state index in [9.17, 15) is 0 Å². The van der Waals surface area contributed by atoms with Gasteiger partial charge in [-0.05, 0) is 42.1 Å². The molecule has 0 radical (unpaired) electrons. The molecule has 102 valence electrons. The van der Waals surface area contributed by atoms with Crippen molar-refractivity contribution in [2.24, 2.45) is 4.99 Å². The van der Waals surface area contributed by atoms with Gasteiger partial charge in [-0.25, -0.2) is 0 Å². The molecule has 2 aliphatic heterocycles. The highest BCUT2D eigenvalue weighted by Crippen LogP contribution is 2.45. The minimum atomic E-state index is 0.926. The Morgan fingerprint density at radius 3 is 3.10 bits per heavy atom. The molecule has 0 amide bonds. The van der Waals surface area contributed by atoms with Crippen LogP contribution in [0.1, 0.15) is 12.5 Å². The van der Waals surface area contributed by atoms with Crippen LogP contribution in [0.5, 0.6) is 0 Å². The topological polar surface area (TPSA) is 15.6 Å². The molecule has 20 heavy (non-hydrogen) atoms. The molecule has 0 saturated carbocycles. The quantitative estimate of drug-likeness (QED) is 0.744. The third-order valence-corrected chi connectivity index (χ3v) is 6.37. The number of aliphatic imine (C=N–C) groups is 1. The Kier molecular flexibility index (Phi) is 3.09. The van der Waals surface area contributed by atoms with Gasteiger partial charge in [-0.3, -0.25) is 4.99 Å². The number of nitrogens with zero attached hydrogens (tertiary/aromatic N) is 2. The maximum atomic E-state index is 4.60. The van der Waals surface area contributed by atoms with Gasteiger partial charge in [0.2, 0.25) is 0 Å². The van der Waals surface area contributed by atoms with Gasteiger partial charge in [-0.2, -0.15) is 0 Å². The smallest absolute Gasteiger partial charge is 0.168 e. The largest absolute Gasteiger partial charge is 0.318 e. The van der Waals surface area contributed by atoms with E-state index in [1.54, 1.807) is 0 Å². The highest BCUT2D eigenvalue weighted by molar-refractivity contribution is 8.17. The van der Waals surface area contributed by atoms with Crippen molar-refractivity contribution >= 4 is 55.8 Å². The van der Waals surface area contributed by atoms with Gasteiger partial charge in [0.25, 0.3) is 0 Å². The van der Waals surface area contributed by atoms with Crippen LogP contribution in [0.25, 0.3) is 15.8 Å². The van der Waals surface area contributed by atoms with E-state index < -0.39 is 0 Å². The van der Waals surface area contributed by atoms with E-state index in [-0.39, 0.29) is 0 Å². The molecule has 0 saturated heterocycles. The first-order valence-electron chi connectivity index (χ1n) is 6.54.